The molecule has 0 aliphatic heterocycles. The monoisotopic (exact) mass is 363 g/mol. The van der Waals surface area contributed by atoms with Gasteiger partial charge >= 0.3 is 0 Å². The lowest BCUT2D eigenvalue weighted by molar-refractivity contribution is 0.0950. The fourth-order valence-corrected chi connectivity index (χ4v) is 2.80. The zero-order chi connectivity index (χ0) is 18.5. The van der Waals surface area contributed by atoms with Crippen molar-refractivity contribution in [3.8, 4) is 0 Å². The number of aryl methyl sites for hydroxylation is 1. The van der Waals surface area contributed by atoms with Crippen molar-refractivity contribution in [2.24, 2.45) is 0 Å². The third kappa shape index (κ3) is 3.98. The van der Waals surface area contributed by atoms with Gasteiger partial charge in [0.2, 0.25) is 0 Å². The van der Waals surface area contributed by atoms with Crippen molar-refractivity contribution in [3.63, 3.8) is 0 Å². The molecule has 0 atom stereocenters. The second-order valence-electron chi connectivity index (χ2n) is 5.87. The number of nitrogens with zero attached hydrogens (tertiary/aromatic N) is 1. The fraction of sp³-hybridized carbons (Fsp3) is 0.0952. The minimum Gasteiger partial charge on any atom is -0.348 e. The Morgan fingerprint density at radius 1 is 1.00 bits per heavy atom. The Balaban J connectivity index is 1.82. The van der Waals surface area contributed by atoms with Crippen molar-refractivity contribution in [1.82, 2.24) is 10.3 Å². The molecule has 0 saturated carbocycles. The van der Waals surface area contributed by atoms with Crippen LogP contribution in [-0.2, 0) is 6.54 Å². The number of rotatable bonds is 5. The summed E-state index contributed by atoms with van der Waals surface area (Å²) in [6, 6.07) is 18.1. The predicted octanol–water partition coefficient (Wildman–Crippen LogP) is 4.39. The minimum absolute atomic E-state index is 0.221. The van der Waals surface area contributed by atoms with Crippen molar-refractivity contribution in [2.75, 3.05) is 0 Å². The van der Waals surface area contributed by atoms with Gasteiger partial charge in [0.25, 0.3) is 5.91 Å². The van der Waals surface area contributed by atoms with E-state index in [9.17, 15) is 4.79 Å². The molecule has 2 aromatic carbocycles. The van der Waals surface area contributed by atoms with Crippen LogP contribution in [0.4, 0.5) is 0 Å². The Hall–Kier alpha value is -2.98. The molecule has 130 valence electrons. The van der Waals surface area contributed by atoms with Gasteiger partial charge in [-0.2, -0.15) is 0 Å². The van der Waals surface area contributed by atoms with Gasteiger partial charge in [-0.05, 0) is 42.8 Å². The molecule has 4 nitrogen and oxygen atoms in total. The molecular formula is C21H18ClN3O. The van der Waals surface area contributed by atoms with Crippen LogP contribution in [0.5, 0.6) is 0 Å². The number of carbonyl (C=O) groups excluding carboxylic acids is 1. The highest BCUT2D eigenvalue weighted by Crippen LogP contribution is 2.17. The zero-order valence-electron chi connectivity index (χ0n) is 14.3. The summed E-state index contributed by atoms with van der Waals surface area (Å²) < 4.78 is 0. The van der Waals surface area contributed by atoms with Crippen LogP contribution in [0, 0.1) is 12.3 Å². The van der Waals surface area contributed by atoms with Gasteiger partial charge in [0.05, 0.1) is 5.71 Å². The quantitative estimate of drug-likeness (QED) is 0.660. The molecule has 0 radical (unpaired) electrons. The lowest BCUT2D eigenvalue weighted by Crippen LogP contribution is -2.25. The Morgan fingerprint density at radius 2 is 1.65 bits per heavy atom. The minimum atomic E-state index is -0.221. The van der Waals surface area contributed by atoms with E-state index in [1.54, 1.807) is 42.6 Å². The van der Waals surface area contributed by atoms with E-state index >= 15 is 0 Å². The van der Waals surface area contributed by atoms with Gasteiger partial charge in [-0.25, -0.2) is 0 Å². The van der Waals surface area contributed by atoms with Crippen molar-refractivity contribution >= 4 is 23.2 Å². The highest BCUT2D eigenvalue weighted by Gasteiger charge is 2.16. The number of nitrogens with one attached hydrogen (secondary N) is 2. The number of halogens is 1. The highest BCUT2D eigenvalue weighted by molar-refractivity contribution is 6.30. The van der Waals surface area contributed by atoms with Gasteiger partial charge in [0.15, 0.2) is 0 Å². The van der Waals surface area contributed by atoms with Gasteiger partial charge in [-0.3, -0.25) is 15.2 Å². The summed E-state index contributed by atoms with van der Waals surface area (Å²) in [6.07, 6.45) is 1.69. The SMILES string of the molecule is Cc1ncccc1C(=N)c1ccccc1C(=O)NCc1ccc(Cl)cc1. The number of carbonyl (C=O) groups is 1. The maximum absolute atomic E-state index is 12.7. The highest BCUT2D eigenvalue weighted by atomic mass is 35.5. The largest absolute Gasteiger partial charge is 0.348 e. The maximum Gasteiger partial charge on any atom is 0.252 e. The first kappa shape index (κ1) is 17.8. The van der Waals surface area contributed by atoms with E-state index in [1.165, 1.54) is 0 Å². The summed E-state index contributed by atoms with van der Waals surface area (Å²) in [5, 5.41) is 12.1. The van der Waals surface area contributed by atoms with E-state index in [-0.39, 0.29) is 11.6 Å². The van der Waals surface area contributed by atoms with Gasteiger partial charge in [-0.1, -0.05) is 41.9 Å². The number of hydrogen-bond donors (Lipinski definition) is 2. The summed E-state index contributed by atoms with van der Waals surface area (Å²) >= 11 is 5.88. The predicted molar refractivity (Wildman–Crippen MR) is 104 cm³/mol. The van der Waals surface area contributed by atoms with Crippen LogP contribution in [0.3, 0.4) is 0 Å². The molecule has 0 saturated heterocycles. The van der Waals surface area contributed by atoms with Gasteiger partial charge in [0.1, 0.15) is 0 Å². The molecular weight excluding hydrogens is 346 g/mol. The smallest absolute Gasteiger partial charge is 0.252 e. The summed E-state index contributed by atoms with van der Waals surface area (Å²) in [5.41, 5.74) is 3.76. The Bertz CT molecular complexity index is 951. The standard InChI is InChI=1S/C21H18ClN3O/c1-14-17(7-4-12-24-14)20(23)18-5-2-3-6-19(18)21(26)25-13-15-8-10-16(22)11-9-15/h2-12,23H,13H2,1H3,(H,25,26). The maximum atomic E-state index is 12.7. The van der Waals surface area contributed by atoms with E-state index in [4.69, 9.17) is 17.0 Å². The number of aromatic nitrogens is 1. The molecule has 0 aliphatic carbocycles. The third-order valence-corrected chi connectivity index (χ3v) is 4.34. The first-order valence-electron chi connectivity index (χ1n) is 8.19. The molecule has 5 heteroatoms. The number of amides is 1. The number of benzene rings is 2. The first-order chi connectivity index (χ1) is 12.6. The third-order valence-electron chi connectivity index (χ3n) is 4.08. The van der Waals surface area contributed by atoms with Crippen LogP contribution in [-0.4, -0.2) is 16.6 Å². The van der Waals surface area contributed by atoms with Gasteiger partial charge in [-0.15, -0.1) is 0 Å². The average Bonchev–Trinajstić information content (AvgIpc) is 2.67. The molecule has 3 aromatic rings. The van der Waals surface area contributed by atoms with Crippen LogP contribution >= 0.6 is 11.6 Å². The average molecular weight is 364 g/mol. The zero-order valence-corrected chi connectivity index (χ0v) is 15.0. The second-order valence-corrected chi connectivity index (χ2v) is 6.30. The molecule has 1 aromatic heterocycles. The first-order valence-corrected chi connectivity index (χ1v) is 8.56. The molecule has 26 heavy (non-hydrogen) atoms. The van der Waals surface area contributed by atoms with E-state index < -0.39 is 0 Å². The summed E-state index contributed by atoms with van der Waals surface area (Å²) in [7, 11) is 0. The number of pyridine rings is 1. The van der Waals surface area contributed by atoms with Crippen LogP contribution in [0.2, 0.25) is 5.02 Å². The van der Waals surface area contributed by atoms with E-state index in [2.05, 4.69) is 10.3 Å². The van der Waals surface area contributed by atoms with Crippen molar-refractivity contribution in [1.29, 1.82) is 5.41 Å². The van der Waals surface area contributed by atoms with Crippen LogP contribution in [0.25, 0.3) is 0 Å². The molecule has 0 fully saturated rings. The Morgan fingerprint density at radius 3 is 2.35 bits per heavy atom. The Labute approximate surface area is 157 Å². The van der Waals surface area contributed by atoms with Crippen LogP contribution < -0.4 is 5.32 Å². The molecule has 0 spiro atoms. The Kier molecular flexibility index (Phi) is 5.44. The van der Waals surface area contributed by atoms with E-state index in [0.29, 0.717) is 28.3 Å². The fourth-order valence-electron chi connectivity index (χ4n) is 2.67. The molecule has 0 bridgehead atoms. The molecule has 0 aliphatic rings. The molecule has 3 rings (SSSR count). The second kappa shape index (κ2) is 7.93. The van der Waals surface area contributed by atoms with Gasteiger partial charge in [0, 0.05) is 40.1 Å². The topological polar surface area (TPSA) is 65.8 Å². The van der Waals surface area contributed by atoms with E-state index in [1.807, 2.05) is 31.2 Å². The van der Waals surface area contributed by atoms with Crippen molar-refractivity contribution < 1.29 is 4.79 Å². The van der Waals surface area contributed by atoms with Crippen molar-refractivity contribution in [3.05, 3.63) is 99.8 Å². The lowest BCUT2D eigenvalue weighted by Gasteiger charge is -2.12. The molecule has 0 unspecified atom stereocenters. The van der Waals surface area contributed by atoms with Gasteiger partial charge < -0.3 is 5.32 Å². The van der Waals surface area contributed by atoms with E-state index in [0.717, 1.165) is 11.3 Å². The normalized spacial score (nSPS) is 10.4. The summed E-state index contributed by atoms with van der Waals surface area (Å²) in [5.74, 6) is -0.221. The molecule has 1 heterocycles. The van der Waals surface area contributed by atoms with Crippen LogP contribution in [0.15, 0.2) is 66.9 Å². The van der Waals surface area contributed by atoms with Crippen LogP contribution in [0.1, 0.15) is 32.7 Å². The summed E-state index contributed by atoms with van der Waals surface area (Å²) in [6.45, 7) is 2.25. The summed E-state index contributed by atoms with van der Waals surface area (Å²) in [4.78, 5) is 16.9. The molecule has 1 amide bonds. The number of hydrogen-bond acceptors (Lipinski definition) is 3. The van der Waals surface area contributed by atoms with Crippen molar-refractivity contribution in [2.45, 2.75) is 13.5 Å². The molecule has 2 N–H and O–H groups in total. The lowest BCUT2D eigenvalue weighted by atomic mass is 9.96.